The third-order valence-electron chi connectivity index (χ3n) is 8.64. The lowest BCUT2D eigenvalue weighted by molar-refractivity contribution is -0.121. The lowest BCUT2D eigenvalue weighted by Gasteiger charge is -2.19. The predicted octanol–water partition coefficient (Wildman–Crippen LogP) is 5.04. The van der Waals surface area contributed by atoms with Crippen LogP contribution in [0.3, 0.4) is 0 Å². The largest absolute Gasteiger partial charge is 0.493 e. The van der Waals surface area contributed by atoms with Crippen LogP contribution < -0.4 is 35.6 Å². The number of nitrogens with one attached hydrogen (secondary N) is 3. The number of methoxy groups -OCH3 is 3. The van der Waals surface area contributed by atoms with Crippen molar-refractivity contribution in [2.24, 2.45) is 7.05 Å². The summed E-state index contributed by atoms with van der Waals surface area (Å²) in [6.07, 6.45) is 4.00. The maximum atomic E-state index is 13.5. The summed E-state index contributed by atoms with van der Waals surface area (Å²) >= 11 is 0. The number of aryl methyl sites for hydroxylation is 2. The van der Waals surface area contributed by atoms with Crippen LogP contribution in [0.15, 0.2) is 53.3 Å². The van der Waals surface area contributed by atoms with Crippen LogP contribution in [0.2, 0.25) is 0 Å². The summed E-state index contributed by atoms with van der Waals surface area (Å²) in [4.78, 5) is 42.8. The second-order valence-corrected chi connectivity index (χ2v) is 11.7. The van der Waals surface area contributed by atoms with Gasteiger partial charge in [-0.3, -0.25) is 14.4 Å². The van der Waals surface area contributed by atoms with Gasteiger partial charge in [0.25, 0.3) is 0 Å². The SMILES string of the molecule is COc1cc2c(c(OC)c1OC)-c1ccc(NCCCCCC(=O)NCc3nc4ccccc4n3C)c(=O)cc1[C@@H](NC(C)=O)CC2. The third kappa shape index (κ3) is 7.34. The topological polar surface area (TPSA) is 133 Å². The van der Waals surface area contributed by atoms with Crippen LogP contribution in [0.4, 0.5) is 5.69 Å². The molecule has 0 unspecified atom stereocenters. The molecule has 1 aromatic heterocycles. The molecular formula is C36H43N5O6. The fourth-order valence-electron chi connectivity index (χ4n) is 6.28. The molecule has 47 heavy (non-hydrogen) atoms. The maximum Gasteiger partial charge on any atom is 0.220 e. The molecule has 11 nitrogen and oxygen atoms in total. The van der Waals surface area contributed by atoms with E-state index in [0.717, 1.165) is 52.8 Å². The molecule has 5 rings (SSSR count). The normalized spacial score (nSPS) is 13.6. The Morgan fingerprint density at radius 1 is 0.979 bits per heavy atom. The van der Waals surface area contributed by atoms with Crippen LogP contribution in [0.5, 0.6) is 17.2 Å². The van der Waals surface area contributed by atoms with E-state index in [1.165, 1.54) is 6.92 Å². The molecular weight excluding hydrogens is 598 g/mol. The standard InChI is InChI=1S/C36H43N5O6/c1-22(42)39-26-16-14-23-19-31(45-3)35(46-4)36(47-5)34(23)24-15-17-28(30(43)20-25(24)26)37-18-10-6-7-13-33(44)38-21-32-40-27-11-8-9-12-29(27)41(32)2/h8-9,11-12,15,17,19-20,26H,6-7,10,13-14,16,18,21H2,1-5H3,(H,37,43)(H,38,44)(H,39,42)/t26-/m0/s1. The van der Waals surface area contributed by atoms with Crippen LogP contribution in [-0.2, 0) is 29.6 Å². The number of unbranched alkanes of at least 4 members (excludes halogenated alkanes) is 2. The second kappa shape index (κ2) is 15.0. The first kappa shape index (κ1) is 33.3. The van der Waals surface area contributed by atoms with Gasteiger partial charge in [0.05, 0.1) is 50.6 Å². The summed E-state index contributed by atoms with van der Waals surface area (Å²) in [5, 5.41) is 9.29. The van der Waals surface area contributed by atoms with Crippen LogP contribution >= 0.6 is 0 Å². The van der Waals surface area contributed by atoms with Gasteiger partial charge in [0.1, 0.15) is 5.82 Å². The Bertz CT molecular complexity index is 1840. The van der Waals surface area contributed by atoms with Crippen molar-refractivity contribution in [3.63, 3.8) is 0 Å². The first-order valence-electron chi connectivity index (χ1n) is 15.9. The summed E-state index contributed by atoms with van der Waals surface area (Å²) in [7, 11) is 6.67. The van der Waals surface area contributed by atoms with Gasteiger partial charge in [0, 0.05) is 32.5 Å². The monoisotopic (exact) mass is 641 g/mol. The van der Waals surface area contributed by atoms with E-state index in [9.17, 15) is 14.4 Å². The Balaban J connectivity index is 1.24. The number of benzene rings is 2. The molecule has 0 aliphatic heterocycles. The fourth-order valence-corrected chi connectivity index (χ4v) is 6.28. The van der Waals surface area contributed by atoms with E-state index in [1.54, 1.807) is 33.5 Å². The number of imidazole rings is 1. The molecule has 1 atom stereocenters. The first-order chi connectivity index (χ1) is 22.7. The molecule has 1 aliphatic rings. The van der Waals surface area contributed by atoms with Crippen molar-refractivity contribution in [3.8, 4) is 28.4 Å². The Morgan fingerprint density at radius 3 is 2.49 bits per heavy atom. The molecule has 3 aromatic carbocycles. The first-order valence-corrected chi connectivity index (χ1v) is 15.9. The van der Waals surface area contributed by atoms with Crippen molar-refractivity contribution in [2.75, 3.05) is 33.2 Å². The van der Waals surface area contributed by atoms with Crippen molar-refractivity contribution in [2.45, 2.75) is 58.0 Å². The van der Waals surface area contributed by atoms with E-state index >= 15 is 0 Å². The second-order valence-electron chi connectivity index (χ2n) is 11.7. The van der Waals surface area contributed by atoms with Crippen LogP contribution in [0, 0.1) is 0 Å². The van der Waals surface area contributed by atoms with Crippen LogP contribution in [-0.4, -0.2) is 49.2 Å². The van der Waals surface area contributed by atoms with E-state index in [4.69, 9.17) is 14.2 Å². The summed E-state index contributed by atoms with van der Waals surface area (Å²) < 4.78 is 19.1. The fraction of sp³-hybridized carbons (Fsp3) is 0.389. The molecule has 0 spiro atoms. The Kier molecular flexibility index (Phi) is 10.6. The van der Waals surface area contributed by atoms with E-state index < -0.39 is 0 Å². The van der Waals surface area contributed by atoms with Gasteiger partial charge in [0.15, 0.2) is 11.5 Å². The Hall–Kier alpha value is -5.06. The quantitative estimate of drug-likeness (QED) is 0.173. The highest BCUT2D eigenvalue weighted by Gasteiger charge is 2.29. The number of hydrogen-bond donors (Lipinski definition) is 3. The summed E-state index contributed by atoms with van der Waals surface area (Å²) in [6.45, 7) is 2.43. The number of amides is 2. The molecule has 0 fully saturated rings. The molecule has 0 bridgehead atoms. The van der Waals surface area contributed by atoms with Gasteiger partial charge < -0.3 is 34.7 Å². The van der Waals surface area contributed by atoms with Crippen LogP contribution in [0.1, 0.15) is 62.0 Å². The lowest BCUT2D eigenvalue weighted by atomic mass is 9.95. The smallest absolute Gasteiger partial charge is 0.220 e. The number of aromatic nitrogens is 2. The zero-order valence-corrected chi connectivity index (χ0v) is 27.7. The van der Waals surface area contributed by atoms with Crippen LogP contribution in [0.25, 0.3) is 22.2 Å². The zero-order chi connectivity index (χ0) is 33.5. The maximum absolute atomic E-state index is 13.5. The number of rotatable bonds is 13. The number of hydrogen-bond acceptors (Lipinski definition) is 8. The molecule has 0 saturated heterocycles. The summed E-state index contributed by atoms with van der Waals surface area (Å²) in [6, 6.07) is 14.8. The molecule has 2 amide bonds. The molecule has 11 heteroatoms. The number of fused-ring (bicyclic) bond motifs is 4. The molecule has 4 aromatic rings. The minimum absolute atomic E-state index is 0.0119. The minimum atomic E-state index is -0.368. The molecule has 0 radical (unpaired) electrons. The highest BCUT2D eigenvalue weighted by atomic mass is 16.5. The summed E-state index contributed by atoms with van der Waals surface area (Å²) in [5.41, 5.74) is 5.51. The van der Waals surface area contributed by atoms with E-state index in [1.807, 2.05) is 48.0 Å². The van der Waals surface area contributed by atoms with Gasteiger partial charge in [-0.15, -0.1) is 0 Å². The van der Waals surface area contributed by atoms with Crippen molar-refractivity contribution in [1.82, 2.24) is 20.2 Å². The van der Waals surface area contributed by atoms with Gasteiger partial charge in [-0.1, -0.05) is 24.6 Å². The number of nitrogens with zero attached hydrogens (tertiary/aromatic N) is 2. The average molecular weight is 642 g/mol. The molecule has 248 valence electrons. The van der Waals surface area contributed by atoms with Gasteiger partial charge in [0.2, 0.25) is 23.0 Å². The highest BCUT2D eigenvalue weighted by molar-refractivity contribution is 5.84. The van der Waals surface area contributed by atoms with Gasteiger partial charge in [-0.05, 0) is 72.7 Å². The molecule has 0 saturated carbocycles. The van der Waals surface area contributed by atoms with Crippen molar-refractivity contribution >= 4 is 28.5 Å². The van der Waals surface area contributed by atoms with E-state index in [0.29, 0.717) is 60.9 Å². The number of anilines is 1. The average Bonchev–Trinajstić information content (AvgIpc) is 3.20. The van der Waals surface area contributed by atoms with E-state index in [2.05, 4.69) is 20.9 Å². The Morgan fingerprint density at radius 2 is 1.77 bits per heavy atom. The van der Waals surface area contributed by atoms with Gasteiger partial charge in [-0.2, -0.15) is 0 Å². The minimum Gasteiger partial charge on any atom is -0.493 e. The van der Waals surface area contributed by atoms with Crippen molar-refractivity contribution in [3.05, 3.63) is 75.7 Å². The van der Waals surface area contributed by atoms with Gasteiger partial charge >= 0.3 is 0 Å². The third-order valence-corrected chi connectivity index (χ3v) is 8.64. The molecule has 1 heterocycles. The Labute approximate surface area is 274 Å². The van der Waals surface area contributed by atoms with E-state index in [-0.39, 0.29) is 23.3 Å². The predicted molar refractivity (Wildman–Crippen MR) is 182 cm³/mol. The lowest BCUT2D eigenvalue weighted by Crippen LogP contribution is -2.26. The van der Waals surface area contributed by atoms with Gasteiger partial charge in [-0.25, -0.2) is 4.98 Å². The van der Waals surface area contributed by atoms with Crippen molar-refractivity contribution in [1.29, 1.82) is 0 Å². The number of carbonyl (C=O) groups is 2. The zero-order valence-electron chi connectivity index (χ0n) is 27.7. The van der Waals surface area contributed by atoms with Crippen molar-refractivity contribution < 1.29 is 23.8 Å². The highest BCUT2D eigenvalue weighted by Crippen LogP contribution is 2.50. The number of para-hydroxylation sites is 2. The number of ether oxygens (including phenoxy) is 3. The number of carbonyl (C=O) groups excluding carboxylic acids is 2. The molecule has 3 N–H and O–H groups in total. The summed E-state index contributed by atoms with van der Waals surface area (Å²) in [5.74, 6) is 2.15. The molecule has 1 aliphatic carbocycles.